The first-order valence-corrected chi connectivity index (χ1v) is 9.10. The smallest absolute Gasteiger partial charge is 0.344 e. The number of amides is 4. The number of nitrogens with zero attached hydrogens (tertiary/aromatic N) is 2. The molecule has 0 spiro atoms. The molecule has 0 radical (unpaired) electrons. The molecule has 1 saturated heterocycles. The molecule has 1 aliphatic rings. The number of hydrogen-bond acceptors (Lipinski definition) is 7. The second-order valence-electron chi connectivity index (χ2n) is 6.40. The van der Waals surface area contributed by atoms with Crippen LogP contribution >= 0.6 is 0 Å². The van der Waals surface area contributed by atoms with Gasteiger partial charge in [0.25, 0.3) is 11.8 Å². The van der Waals surface area contributed by atoms with Crippen LogP contribution in [0, 0.1) is 0 Å². The third kappa shape index (κ3) is 3.93. The predicted octanol–water partition coefficient (Wildman–Crippen LogP) is 1.14. The Morgan fingerprint density at radius 1 is 1.17 bits per heavy atom. The van der Waals surface area contributed by atoms with Crippen molar-refractivity contribution in [2.45, 2.75) is 18.9 Å². The summed E-state index contributed by atoms with van der Waals surface area (Å²) in [5.74, 6) is -1.93. The number of urea groups is 1. The monoisotopic (exact) mass is 412 g/mol. The van der Waals surface area contributed by atoms with Gasteiger partial charge in [0.2, 0.25) is 5.88 Å². The number of hydrogen-bond donors (Lipinski definition) is 2. The molecule has 3 rings (SSSR count). The van der Waals surface area contributed by atoms with Gasteiger partial charge in [0, 0.05) is 12.3 Å². The quantitative estimate of drug-likeness (QED) is 0.516. The van der Waals surface area contributed by atoms with E-state index in [4.69, 9.17) is 9.47 Å². The third-order valence-electron chi connectivity index (χ3n) is 4.64. The highest BCUT2D eigenvalue weighted by Gasteiger charge is 2.52. The first kappa shape index (κ1) is 20.8. The van der Waals surface area contributed by atoms with Crippen molar-refractivity contribution >= 4 is 23.8 Å². The Balaban J connectivity index is 1.63. The molecule has 10 heteroatoms. The van der Waals surface area contributed by atoms with E-state index in [1.807, 2.05) is 0 Å². The summed E-state index contributed by atoms with van der Waals surface area (Å²) in [6, 6.07) is 10.9. The Hall–Kier alpha value is -3.95. The van der Waals surface area contributed by atoms with Crippen LogP contribution in [0.25, 0.3) is 0 Å². The van der Waals surface area contributed by atoms with Crippen molar-refractivity contribution in [1.82, 2.24) is 20.7 Å². The SMILES string of the molecule is CCC1(c2ccccc2)NC(=O)N(NC(=O)COC(=O)c2ccc(OC)nc2)C1=O. The first-order chi connectivity index (χ1) is 14.4. The minimum atomic E-state index is -1.28. The Morgan fingerprint density at radius 2 is 1.90 bits per heavy atom. The summed E-state index contributed by atoms with van der Waals surface area (Å²) < 4.78 is 9.80. The number of aromatic nitrogens is 1. The molecule has 1 aromatic heterocycles. The minimum absolute atomic E-state index is 0.118. The van der Waals surface area contributed by atoms with Crippen LogP contribution < -0.4 is 15.5 Å². The average Bonchev–Trinajstić information content (AvgIpc) is 3.03. The van der Waals surface area contributed by atoms with Gasteiger partial charge in [-0.15, -0.1) is 0 Å². The van der Waals surface area contributed by atoms with Crippen molar-refractivity contribution in [2.24, 2.45) is 0 Å². The normalized spacial score (nSPS) is 18.0. The third-order valence-corrected chi connectivity index (χ3v) is 4.64. The lowest BCUT2D eigenvalue weighted by atomic mass is 9.87. The lowest BCUT2D eigenvalue weighted by Gasteiger charge is -2.25. The average molecular weight is 412 g/mol. The second kappa shape index (κ2) is 8.60. The maximum absolute atomic E-state index is 12.9. The van der Waals surface area contributed by atoms with Crippen molar-refractivity contribution in [3.63, 3.8) is 0 Å². The summed E-state index contributed by atoms with van der Waals surface area (Å²) >= 11 is 0. The van der Waals surface area contributed by atoms with Crippen LogP contribution in [0.3, 0.4) is 0 Å². The largest absolute Gasteiger partial charge is 0.481 e. The summed E-state index contributed by atoms with van der Waals surface area (Å²) in [6.45, 7) is 1.06. The van der Waals surface area contributed by atoms with E-state index in [0.717, 1.165) is 0 Å². The topological polar surface area (TPSA) is 127 Å². The highest BCUT2D eigenvalue weighted by atomic mass is 16.5. The summed E-state index contributed by atoms with van der Waals surface area (Å²) in [7, 11) is 1.44. The van der Waals surface area contributed by atoms with Crippen LogP contribution in [-0.4, -0.2) is 47.5 Å². The fourth-order valence-corrected chi connectivity index (χ4v) is 3.03. The van der Waals surface area contributed by atoms with Gasteiger partial charge in [0.05, 0.1) is 12.7 Å². The maximum Gasteiger partial charge on any atom is 0.344 e. The van der Waals surface area contributed by atoms with Crippen molar-refractivity contribution < 1.29 is 28.7 Å². The fourth-order valence-electron chi connectivity index (χ4n) is 3.03. The molecule has 1 unspecified atom stereocenters. The number of hydrazine groups is 1. The van der Waals surface area contributed by atoms with Gasteiger partial charge in [-0.05, 0) is 18.1 Å². The van der Waals surface area contributed by atoms with E-state index < -0.39 is 36.0 Å². The number of imide groups is 1. The molecular weight excluding hydrogens is 392 g/mol. The Kier molecular flexibility index (Phi) is 5.95. The molecule has 1 atom stereocenters. The number of benzene rings is 1. The lowest BCUT2D eigenvalue weighted by Crippen LogP contribution is -2.49. The zero-order valence-corrected chi connectivity index (χ0v) is 16.4. The van der Waals surface area contributed by atoms with E-state index in [9.17, 15) is 19.2 Å². The minimum Gasteiger partial charge on any atom is -0.481 e. The van der Waals surface area contributed by atoms with E-state index >= 15 is 0 Å². The molecule has 1 aromatic carbocycles. The Bertz CT molecular complexity index is 963. The fraction of sp³-hybridized carbons (Fsp3) is 0.250. The maximum atomic E-state index is 12.9. The van der Waals surface area contributed by atoms with Crippen molar-refractivity contribution in [2.75, 3.05) is 13.7 Å². The Morgan fingerprint density at radius 3 is 2.50 bits per heavy atom. The standard InChI is InChI=1S/C20H20N4O6/c1-3-20(14-7-5-4-6-8-14)18(27)24(19(28)22-20)23-15(25)12-30-17(26)13-9-10-16(29-2)21-11-13/h4-11H,3,12H2,1-2H3,(H,22,28)(H,23,25). The second-order valence-corrected chi connectivity index (χ2v) is 6.40. The van der Waals surface area contributed by atoms with Gasteiger partial charge in [-0.25, -0.2) is 14.6 Å². The zero-order valence-electron chi connectivity index (χ0n) is 16.4. The summed E-state index contributed by atoms with van der Waals surface area (Å²) in [4.78, 5) is 53.3. The number of methoxy groups -OCH3 is 1. The van der Waals surface area contributed by atoms with Crippen molar-refractivity contribution in [3.05, 3.63) is 59.8 Å². The molecule has 0 aliphatic carbocycles. The first-order valence-electron chi connectivity index (χ1n) is 9.10. The molecular formula is C20H20N4O6. The summed E-state index contributed by atoms with van der Waals surface area (Å²) in [5.41, 5.74) is 1.62. The van der Waals surface area contributed by atoms with Crippen molar-refractivity contribution in [3.8, 4) is 5.88 Å². The van der Waals surface area contributed by atoms with Crippen LogP contribution in [-0.2, 0) is 19.9 Å². The van der Waals surface area contributed by atoms with E-state index in [2.05, 4.69) is 15.7 Å². The van der Waals surface area contributed by atoms with Gasteiger partial charge in [0.15, 0.2) is 6.61 Å². The van der Waals surface area contributed by atoms with Gasteiger partial charge in [-0.3, -0.25) is 15.0 Å². The highest BCUT2D eigenvalue weighted by Crippen LogP contribution is 2.31. The van der Waals surface area contributed by atoms with Crippen LogP contribution in [0.1, 0.15) is 29.3 Å². The van der Waals surface area contributed by atoms with E-state index in [-0.39, 0.29) is 12.0 Å². The molecule has 1 aliphatic heterocycles. The van der Waals surface area contributed by atoms with Crippen LogP contribution in [0.4, 0.5) is 4.79 Å². The van der Waals surface area contributed by atoms with E-state index in [1.165, 1.54) is 25.4 Å². The number of rotatable bonds is 7. The summed E-state index contributed by atoms with van der Waals surface area (Å²) in [6.07, 6.45) is 1.53. The summed E-state index contributed by atoms with van der Waals surface area (Å²) in [5, 5.41) is 3.23. The molecule has 4 amide bonds. The number of carbonyl (C=O) groups excluding carboxylic acids is 4. The van der Waals surface area contributed by atoms with Crippen LogP contribution in [0.2, 0.25) is 0 Å². The molecule has 0 bridgehead atoms. The molecule has 2 heterocycles. The number of carbonyl (C=O) groups is 4. The highest BCUT2D eigenvalue weighted by molar-refractivity contribution is 6.08. The van der Waals surface area contributed by atoms with Crippen LogP contribution in [0.15, 0.2) is 48.7 Å². The molecule has 0 saturated carbocycles. The number of esters is 1. The predicted molar refractivity (Wildman–Crippen MR) is 103 cm³/mol. The zero-order chi connectivity index (χ0) is 21.7. The van der Waals surface area contributed by atoms with Gasteiger partial charge < -0.3 is 14.8 Å². The van der Waals surface area contributed by atoms with Gasteiger partial charge in [-0.1, -0.05) is 37.3 Å². The molecule has 30 heavy (non-hydrogen) atoms. The number of pyridine rings is 1. The molecule has 2 aromatic rings. The lowest BCUT2D eigenvalue weighted by molar-refractivity contribution is -0.140. The molecule has 10 nitrogen and oxygen atoms in total. The molecule has 2 N–H and O–H groups in total. The number of nitrogens with one attached hydrogen (secondary N) is 2. The molecule has 156 valence electrons. The Labute approximate surface area is 172 Å². The van der Waals surface area contributed by atoms with E-state index in [1.54, 1.807) is 37.3 Å². The molecule has 1 fully saturated rings. The van der Waals surface area contributed by atoms with Crippen molar-refractivity contribution in [1.29, 1.82) is 0 Å². The number of ether oxygens (including phenoxy) is 2. The van der Waals surface area contributed by atoms with E-state index in [0.29, 0.717) is 16.5 Å². The van der Waals surface area contributed by atoms with Gasteiger partial charge in [-0.2, -0.15) is 5.01 Å². The van der Waals surface area contributed by atoms with Gasteiger partial charge in [0.1, 0.15) is 5.54 Å². The van der Waals surface area contributed by atoms with Crippen LogP contribution in [0.5, 0.6) is 5.88 Å². The van der Waals surface area contributed by atoms with Gasteiger partial charge >= 0.3 is 12.0 Å².